The van der Waals surface area contributed by atoms with Crippen LogP contribution >= 0.6 is 54.8 Å². The number of rotatable bonds is 2. The highest BCUT2D eigenvalue weighted by Gasteiger charge is 2.28. The molecule has 1 heterocycles. The molecule has 2 unspecified atom stereocenters. The maximum absolute atomic E-state index is 6.73. The van der Waals surface area contributed by atoms with Crippen LogP contribution in [-0.2, 0) is 12.8 Å². The van der Waals surface area contributed by atoms with Gasteiger partial charge in [0.15, 0.2) is 0 Å². The van der Waals surface area contributed by atoms with E-state index in [0.29, 0.717) is 5.92 Å². The average molecular weight is 421 g/mol. The minimum Gasteiger partial charge on any atom is -0.121 e. The van der Waals surface area contributed by atoms with Crippen LogP contribution in [0, 0.1) is 5.92 Å². The second kappa shape index (κ2) is 5.88. The highest BCUT2D eigenvalue weighted by atomic mass is 79.9. The van der Waals surface area contributed by atoms with Crippen LogP contribution in [0.1, 0.15) is 28.5 Å². The van der Waals surface area contributed by atoms with E-state index < -0.39 is 0 Å². The zero-order chi connectivity index (χ0) is 13.4. The predicted molar refractivity (Wildman–Crippen MR) is 90.3 cm³/mol. The van der Waals surface area contributed by atoms with Gasteiger partial charge in [-0.2, -0.15) is 0 Å². The third-order valence-electron chi connectivity index (χ3n) is 3.78. The Labute approximate surface area is 139 Å². The lowest BCUT2D eigenvalue weighted by Crippen LogP contribution is -2.18. The molecule has 4 heteroatoms. The van der Waals surface area contributed by atoms with Gasteiger partial charge in [-0.3, -0.25) is 0 Å². The molecule has 19 heavy (non-hydrogen) atoms. The lowest BCUT2D eigenvalue weighted by Gasteiger charge is -2.28. The Morgan fingerprint density at radius 1 is 1.21 bits per heavy atom. The van der Waals surface area contributed by atoms with Crippen LogP contribution in [0.2, 0.25) is 0 Å². The first kappa shape index (κ1) is 14.1. The molecular weight excluding hydrogens is 407 g/mol. The van der Waals surface area contributed by atoms with Crippen LogP contribution in [0.4, 0.5) is 0 Å². The van der Waals surface area contributed by atoms with Crippen molar-refractivity contribution in [2.24, 2.45) is 5.92 Å². The summed E-state index contributed by atoms with van der Waals surface area (Å²) in [5, 5.41) is 0.0882. The molecule has 100 valence electrons. The number of hydrogen-bond acceptors (Lipinski definition) is 1. The Kier molecular flexibility index (Phi) is 4.37. The van der Waals surface area contributed by atoms with Crippen LogP contribution in [0.3, 0.4) is 0 Å². The smallest absolute Gasteiger partial charge is 0.0757 e. The van der Waals surface area contributed by atoms with Gasteiger partial charge >= 0.3 is 0 Å². The van der Waals surface area contributed by atoms with E-state index in [4.69, 9.17) is 11.6 Å². The van der Waals surface area contributed by atoms with Crippen molar-refractivity contribution in [2.45, 2.75) is 24.6 Å². The number of thiophene rings is 1. The number of alkyl halides is 1. The van der Waals surface area contributed by atoms with Gasteiger partial charge in [0.2, 0.25) is 0 Å². The van der Waals surface area contributed by atoms with Gasteiger partial charge in [0.05, 0.1) is 12.9 Å². The zero-order valence-electron chi connectivity index (χ0n) is 10.2. The van der Waals surface area contributed by atoms with Crippen LogP contribution < -0.4 is 0 Å². The third-order valence-corrected chi connectivity index (χ3v) is 6.76. The maximum Gasteiger partial charge on any atom is 0.0757 e. The largest absolute Gasteiger partial charge is 0.121 e. The van der Waals surface area contributed by atoms with Gasteiger partial charge in [-0.1, -0.05) is 24.3 Å². The lowest BCUT2D eigenvalue weighted by molar-refractivity contribution is 0.443. The Balaban J connectivity index is 1.83. The molecule has 0 saturated heterocycles. The summed E-state index contributed by atoms with van der Waals surface area (Å²) in [6.45, 7) is 0. The second-order valence-corrected chi connectivity index (χ2v) is 9.17. The summed E-state index contributed by atoms with van der Waals surface area (Å²) in [4.78, 5) is 0. The summed E-state index contributed by atoms with van der Waals surface area (Å²) in [6.07, 6.45) is 3.41. The van der Waals surface area contributed by atoms with Crippen molar-refractivity contribution in [3.05, 3.63) is 54.6 Å². The fourth-order valence-corrected chi connectivity index (χ4v) is 6.28. The van der Waals surface area contributed by atoms with Crippen LogP contribution in [-0.4, -0.2) is 0 Å². The normalized spacial score (nSPS) is 20.1. The molecule has 0 saturated carbocycles. The number of benzene rings is 1. The molecule has 1 aliphatic carbocycles. The van der Waals surface area contributed by atoms with Gasteiger partial charge < -0.3 is 0 Å². The second-order valence-electron chi connectivity index (χ2n) is 4.95. The highest BCUT2D eigenvalue weighted by Crippen LogP contribution is 2.44. The van der Waals surface area contributed by atoms with Gasteiger partial charge in [-0.15, -0.1) is 22.9 Å². The molecular formula is C15H13Br2ClS. The summed E-state index contributed by atoms with van der Waals surface area (Å²) in [5.74, 6) is 0.523. The number of hydrogen-bond donors (Lipinski definition) is 0. The minimum absolute atomic E-state index is 0.0882. The lowest BCUT2D eigenvalue weighted by atomic mass is 9.81. The van der Waals surface area contributed by atoms with Crippen LogP contribution in [0.5, 0.6) is 0 Å². The molecule has 0 spiro atoms. The van der Waals surface area contributed by atoms with Gasteiger partial charge in [-0.25, -0.2) is 0 Å². The minimum atomic E-state index is 0.0882. The number of fused-ring (bicyclic) bond motifs is 1. The van der Waals surface area contributed by atoms with Crippen LogP contribution in [0.15, 0.2) is 37.9 Å². The summed E-state index contributed by atoms with van der Waals surface area (Å²) < 4.78 is 2.29. The van der Waals surface area contributed by atoms with Crippen molar-refractivity contribution in [3.63, 3.8) is 0 Å². The standard InChI is InChI=1S/C15H13Br2ClS/c16-13-8-12(15(17)19-13)14(18)11-6-5-9-3-1-2-4-10(9)7-11/h1-4,8,11,14H,5-7H2. The van der Waals surface area contributed by atoms with Crippen molar-refractivity contribution >= 4 is 54.8 Å². The van der Waals surface area contributed by atoms with E-state index in [0.717, 1.165) is 20.4 Å². The van der Waals surface area contributed by atoms with Gasteiger partial charge in [0.1, 0.15) is 0 Å². The van der Waals surface area contributed by atoms with Gasteiger partial charge in [0, 0.05) is 0 Å². The molecule has 0 nitrogen and oxygen atoms in total. The molecule has 2 aromatic rings. The SMILES string of the molecule is ClC(c1cc(Br)sc1Br)C1CCc2ccccc2C1. The average Bonchev–Trinajstić information content (AvgIpc) is 2.76. The monoisotopic (exact) mass is 418 g/mol. The zero-order valence-corrected chi connectivity index (χ0v) is 14.9. The van der Waals surface area contributed by atoms with Crippen molar-refractivity contribution in [1.29, 1.82) is 0 Å². The molecule has 0 N–H and O–H groups in total. The molecule has 3 rings (SSSR count). The van der Waals surface area contributed by atoms with Crippen molar-refractivity contribution in [2.75, 3.05) is 0 Å². The molecule has 0 radical (unpaired) electrons. The first-order valence-corrected chi connectivity index (χ1v) is 9.14. The van der Waals surface area contributed by atoms with E-state index in [1.807, 2.05) is 0 Å². The third kappa shape index (κ3) is 2.94. The van der Waals surface area contributed by atoms with E-state index in [1.54, 1.807) is 11.3 Å². The quantitative estimate of drug-likeness (QED) is 0.496. The molecule has 0 aliphatic heterocycles. The van der Waals surface area contributed by atoms with Gasteiger partial charge in [-0.05, 0) is 79.8 Å². The Morgan fingerprint density at radius 2 is 1.95 bits per heavy atom. The number of aryl methyl sites for hydroxylation is 1. The Bertz CT molecular complexity index is 594. The molecule has 0 amide bonds. The summed E-state index contributed by atoms with van der Waals surface area (Å²) in [5.41, 5.74) is 4.19. The molecule has 0 bridgehead atoms. The molecule has 1 aliphatic rings. The molecule has 1 aromatic heterocycles. The first-order valence-electron chi connectivity index (χ1n) is 6.30. The molecule has 2 atom stereocenters. The fraction of sp³-hybridized carbons (Fsp3) is 0.333. The van der Waals surface area contributed by atoms with Crippen LogP contribution in [0.25, 0.3) is 0 Å². The summed E-state index contributed by atoms with van der Waals surface area (Å²) >= 11 is 15.6. The summed E-state index contributed by atoms with van der Waals surface area (Å²) in [6, 6.07) is 10.9. The van der Waals surface area contributed by atoms with E-state index in [1.165, 1.54) is 23.1 Å². The number of halogens is 3. The van der Waals surface area contributed by atoms with E-state index in [2.05, 4.69) is 62.2 Å². The fourth-order valence-electron chi connectivity index (χ4n) is 2.77. The van der Waals surface area contributed by atoms with E-state index in [9.17, 15) is 0 Å². The first-order chi connectivity index (χ1) is 9.15. The van der Waals surface area contributed by atoms with Crippen molar-refractivity contribution in [3.8, 4) is 0 Å². The van der Waals surface area contributed by atoms with E-state index >= 15 is 0 Å². The van der Waals surface area contributed by atoms with Gasteiger partial charge in [0.25, 0.3) is 0 Å². The summed E-state index contributed by atoms with van der Waals surface area (Å²) in [7, 11) is 0. The topological polar surface area (TPSA) is 0 Å². The maximum atomic E-state index is 6.73. The van der Waals surface area contributed by atoms with E-state index in [-0.39, 0.29) is 5.38 Å². The Morgan fingerprint density at radius 3 is 2.63 bits per heavy atom. The van der Waals surface area contributed by atoms with Crippen molar-refractivity contribution < 1.29 is 0 Å². The van der Waals surface area contributed by atoms with Crippen molar-refractivity contribution in [1.82, 2.24) is 0 Å². The Hall–Kier alpha value is 0.170. The molecule has 1 aromatic carbocycles. The molecule has 0 fully saturated rings. The predicted octanol–water partition coefficient (Wildman–Crippen LogP) is 6.36. The highest BCUT2D eigenvalue weighted by molar-refractivity contribution is 9.12.